The van der Waals surface area contributed by atoms with Gasteiger partial charge < -0.3 is 16.0 Å². The number of nitrogens with two attached hydrogens (primary N) is 1. The van der Waals surface area contributed by atoms with Crippen molar-refractivity contribution in [1.82, 2.24) is 0 Å². The van der Waals surface area contributed by atoms with Crippen LogP contribution in [0.2, 0.25) is 5.02 Å². The van der Waals surface area contributed by atoms with Crippen molar-refractivity contribution in [1.29, 1.82) is 0 Å². The van der Waals surface area contributed by atoms with E-state index in [1.54, 1.807) is 18.2 Å². The van der Waals surface area contributed by atoms with Crippen molar-refractivity contribution >= 4 is 34.8 Å². The Balaban J connectivity index is 2.08. The summed E-state index contributed by atoms with van der Waals surface area (Å²) in [6.45, 7) is 6.22. The first kappa shape index (κ1) is 19.8. The summed E-state index contributed by atoms with van der Waals surface area (Å²) >= 11 is 6.01. The molecule has 0 atom stereocenters. The van der Waals surface area contributed by atoms with Gasteiger partial charge in [-0.25, -0.2) is 0 Å². The predicted molar refractivity (Wildman–Crippen MR) is 107 cm³/mol. The molecular formula is C20H24ClN3O2. The summed E-state index contributed by atoms with van der Waals surface area (Å²) in [4.78, 5) is 25.9. The maximum atomic E-state index is 12.4. The van der Waals surface area contributed by atoms with E-state index in [0.717, 1.165) is 31.6 Å². The Hall–Kier alpha value is -2.53. The molecule has 6 heteroatoms. The van der Waals surface area contributed by atoms with Crippen molar-refractivity contribution in [2.45, 2.75) is 26.7 Å². The molecule has 0 spiro atoms. The van der Waals surface area contributed by atoms with Gasteiger partial charge in [-0.05, 0) is 55.8 Å². The molecule has 2 amide bonds. The van der Waals surface area contributed by atoms with Crippen LogP contribution in [0, 0.1) is 0 Å². The summed E-state index contributed by atoms with van der Waals surface area (Å²) in [5.74, 6) is -0.844. The van der Waals surface area contributed by atoms with Crippen molar-refractivity contribution < 1.29 is 9.59 Å². The fraction of sp³-hybridized carbons (Fsp3) is 0.300. The first-order valence-corrected chi connectivity index (χ1v) is 9.09. The summed E-state index contributed by atoms with van der Waals surface area (Å²) < 4.78 is 0. The highest BCUT2D eigenvalue weighted by Gasteiger charge is 2.11. The number of amides is 2. The monoisotopic (exact) mass is 373 g/mol. The summed E-state index contributed by atoms with van der Waals surface area (Å²) in [5, 5.41) is 2.98. The maximum absolute atomic E-state index is 12.4. The van der Waals surface area contributed by atoms with Gasteiger partial charge in [0, 0.05) is 30.0 Å². The number of nitrogens with one attached hydrogen (secondary N) is 1. The molecule has 138 valence electrons. The number of hydrogen-bond donors (Lipinski definition) is 2. The Labute approximate surface area is 159 Å². The van der Waals surface area contributed by atoms with Gasteiger partial charge in [-0.1, -0.05) is 24.9 Å². The van der Waals surface area contributed by atoms with Gasteiger partial charge in [-0.2, -0.15) is 0 Å². The van der Waals surface area contributed by atoms with Crippen LogP contribution in [0.25, 0.3) is 0 Å². The highest BCUT2D eigenvalue weighted by molar-refractivity contribution is 6.34. The number of rotatable bonds is 8. The van der Waals surface area contributed by atoms with Gasteiger partial charge in [0.1, 0.15) is 0 Å². The highest BCUT2D eigenvalue weighted by atomic mass is 35.5. The lowest BCUT2D eigenvalue weighted by atomic mass is 10.1. The van der Waals surface area contributed by atoms with Crippen molar-refractivity contribution in [3.63, 3.8) is 0 Å². The Morgan fingerprint density at radius 3 is 2.35 bits per heavy atom. The van der Waals surface area contributed by atoms with Crippen LogP contribution in [-0.4, -0.2) is 24.9 Å². The standard InChI is InChI=1S/C20H24ClN3O2/c1-3-5-12-24(4-2)16-9-6-14(7-10-16)20(26)23-15-8-11-17(19(22)25)18(21)13-15/h6-11,13H,3-5,12H2,1-2H3,(H2,22,25)(H,23,26). The van der Waals surface area contributed by atoms with Crippen LogP contribution in [0.4, 0.5) is 11.4 Å². The minimum absolute atomic E-state index is 0.208. The molecule has 0 aliphatic rings. The van der Waals surface area contributed by atoms with E-state index in [-0.39, 0.29) is 16.5 Å². The van der Waals surface area contributed by atoms with E-state index >= 15 is 0 Å². The Bertz CT molecular complexity index is 775. The molecule has 0 unspecified atom stereocenters. The number of benzene rings is 2. The van der Waals surface area contributed by atoms with E-state index in [0.29, 0.717) is 11.3 Å². The van der Waals surface area contributed by atoms with Crippen LogP contribution in [0.15, 0.2) is 42.5 Å². The second kappa shape index (κ2) is 9.25. The van der Waals surface area contributed by atoms with Crippen molar-refractivity contribution in [2.75, 3.05) is 23.3 Å². The average Bonchev–Trinajstić information content (AvgIpc) is 2.62. The molecule has 3 N–H and O–H groups in total. The molecule has 2 aromatic rings. The molecule has 0 aromatic heterocycles. The van der Waals surface area contributed by atoms with E-state index < -0.39 is 5.91 Å². The van der Waals surface area contributed by atoms with E-state index in [1.165, 1.54) is 12.1 Å². The molecule has 0 fully saturated rings. The summed E-state index contributed by atoms with van der Waals surface area (Å²) in [7, 11) is 0. The van der Waals surface area contributed by atoms with Gasteiger partial charge in [0.05, 0.1) is 10.6 Å². The van der Waals surface area contributed by atoms with Crippen molar-refractivity contribution in [3.05, 3.63) is 58.6 Å². The fourth-order valence-corrected chi connectivity index (χ4v) is 2.91. The fourth-order valence-electron chi connectivity index (χ4n) is 2.64. The molecule has 0 heterocycles. The molecule has 0 radical (unpaired) electrons. The van der Waals surface area contributed by atoms with Crippen molar-refractivity contribution in [2.24, 2.45) is 5.73 Å². The second-order valence-corrected chi connectivity index (χ2v) is 6.40. The number of unbranched alkanes of at least 4 members (excludes halogenated alkanes) is 1. The third-order valence-corrected chi connectivity index (χ3v) is 4.46. The first-order chi connectivity index (χ1) is 12.5. The zero-order chi connectivity index (χ0) is 19.1. The van der Waals surface area contributed by atoms with Gasteiger partial charge in [0.25, 0.3) is 5.91 Å². The normalized spacial score (nSPS) is 10.4. The quantitative estimate of drug-likeness (QED) is 0.723. The number of halogens is 1. The molecule has 0 aliphatic heterocycles. The van der Waals surface area contributed by atoms with Crippen LogP contribution >= 0.6 is 11.6 Å². The van der Waals surface area contributed by atoms with E-state index in [2.05, 4.69) is 24.1 Å². The van der Waals surface area contributed by atoms with Gasteiger partial charge >= 0.3 is 0 Å². The topological polar surface area (TPSA) is 75.4 Å². The number of hydrogen-bond acceptors (Lipinski definition) is 3. The molecule has 5 nitrogen and oxygen atoms in total. The molecule has 0 saturated carbocycles. The number of nitrogens with zero attached hydrogens (tertiary/aromatic N) is 1. The maximum Gasteiger partial charge on any atom is 0.255 e. The smallest absolute Gasteiger partial charge is 0.255 e. The average molecular weight is 374 g/mol. The third kappa shape index (κ3) is 4.99. The van der Waals surface area contributed by atoms with Crippen LogP contribution in [0.3, 0.4) is 0 Å². The van der Waals surface area contributed by atoms with E-state index in [9.17, 15) is 9.59 Å². The zero-order valence-corrected chi connectivity index (χ0v) is 15.8. The largest absolute Gasteiger partial charge is 0.372 e. The van der Waals surface area contributed by atoms with Gasteiger partial charge in [0.15, 0.2) is 0 Å². The molecule has 0 bridgehead atoms. The predicted octanol–water partition coefficient (Wildman–Crippen LogP) is 4.32. The van der Waals surface area contributed by atoms with Crippen LogP contribution < -0.4 is 16.0 Å². The lowest BCUT2D eigenvalue weighted by Crippen LogP contribution is -2.23. The number of primary amides is 1. The third-order valence-electron chi connectivity index (χ3n) is 4.15. The molecular weight excluding hydrogens is 350 g/mol. The summed E-state index contributed by atoms with van der Waals surface area (Å²) in [6.07, 6.45) is 2.28. The summed E-state index contributed by atoms with van der Waals surface area (Å²) in [5.41, 5.74) is 7.61. The molecule has 0 aliphatic carbocycles. The molecule has 2 rings (SSSR count). The highest BCUT2D eigenvalue weighted by Crippen LogP contribution is 2.22. The number of carbonyl (C=O) groups is 2. The number of anilines is 2. The first-order valence-electron chi connectivity index (χ1n) is 8.72. The Kier molecular flexibility index (Phi) is 7.04. The van der Waals surface area contributed by atoms with Crippen LogP contribution in [0.1, 0.15) is 47.4 Å². The van der Waals surface area contributed by atoms with Crippen molar-refractivity contribution in [3.8, 4) is 0 Å². The zero-order valence-electron chi connectivity index (χ0n) is 15.1. The molecule has 0 saturated heterocycles. The van der Waals surface area contributed by atoms with Crippen LogP contribution in [0.5, 0.6) is 0 Å². The Morgan fingerprint density at radius 1 is 1.12 bits per heavy atom. The lowest BCUT2D eigenvalue weighted by Gasteiger charge is -2.23. The SMILES string of the molecule is CCCCN(CC)c1ccc(C(=O)Nc2ccc(C(N)=O)c(Cl)c2)cc1. The minimum atomic E-state index is -0.605. The Morgan fingerprint density at radius 2 is 1.81 bits per heavy atom. The van der Waals surface area contributed by atoms with Gasteiger partial charge in [-0.3, -0.25) is 9.59 Å². The van der Waals surface area contributed by atoms with E-state index in [4.69, 9.17) is 17.3 Å². The second-order valence-electron chi connectivity index (χ2n) is 5.99. The summed E-state index contributed by atoms with van der Waals surface area (Å²) in [6, 6.07) is 12.1. The lowest BCUT2D eigenvalue weighted by molar-refractivity contribution is 0.0998. The van der Waals surface area contributed by atoms with Gasteiger partial charge in [-0.15, -0.1) is 0 Å². The molecule has 26 heavy (non-hydrogen) atoms. The number of carbonyl (C=O) groups excluding carboxylic acids is 2. The minimum Gasteiger partial charge on any atom is -0.372 e. The van der Waals surface area contributed by atoms with E-state index in [1.807, 2.05) is 12.1 Å². The van der Waals surface area contributed by atoms with Gasteiger partial charge in [0.2, 0.25) is 5.91 Å². The van der Waals surface area contributed by atoms with Crippen LogP contribution in [-0.2, 0) is 0 Å². The molecule has 2 aromatic carbocycles.